The van der Waals surface area contributed by atoms with Gasteiger partial charge in [-0.05, 0) is 30.5 Å². The lowest BCUT2D eigenvalue weighted by Gasteiger charge is -2.19. The summed E-state index contributed by atoms with van der Waals surface area (Å²) in [5, 5.41) is 1.17. The number of nitrogens with zero attached hydrogens (tertiary/aromatic N) is 1. The Morgan fingerprint density at radius 3 is 2.70 bits per heavy atom. The molecule has 138 valence electrons. The average Bonchev–Trinajstić information content (AvgIpc) is 2.97. The number of hydrogen-bond acceptors (Lipinski definition) is 3. The van der Waals surface area contributed by atoms with Crippen molar-refractivity contribution in [2.24, 2.45) is 0 Å². The highest BCUT2D eigenvalue weighted by Crippen LogP contribution is 2.36. The van der Waals surface area contributed by atoms with Crippen LogP contribution in [0.25, 0.3) is 10.9 Å². The molecule has 1 aromatic heterocycles. The van der Waals surface area contributed by atoms with E-state index in [0.29, 0.717) is 23.9 Å². The van der Waals surface area contributed by atoms with Crippen LogP contribution >= 0.6 is 11.8 Å². The number of H-pyrrole nitrogens is 1. The van der Waals surface area contributed by atoms with Crippen molar-refractivity contribution in [3.05, 3.63) is 71.4 Å². The van der Waals surface area contributed by atoms with Gasteiger partial charge in [0.05, 0.1) is 5.56 Å². The molecule has 1 amide bonds. The van der Waals surface area contributed by atoms with Crippen LogP contribution in [0.2, 0.25) is 0 Å². The summed E-state index contributed by atoms with van der Waals surface area (Å²) in [5.74, 6) is 0.0175. The van der Waals surface area contributed by atoms with Gasteiger partial charge in [-0.15, -0.1) is 0 Å². The number of aryl methyl sites for hydroxylation is 1. The van der Waals surface area contributed by atoms with Gasteiger partial charge in [0.2, 0.25) is 0 Å². The van der Waals surface area contributed by atoms with Crippen LogP contribution in [0.5, 0.6) is 0 Å². The molecule has 1 atom stereocenters. The van der Waals surface area contributed by atoms with Crippen LogP contribution in [0.4, 0.5) is 0 Å². The van der Waals surface area contributed by atoms with Crippen LogP contribution in [0.15, 0.2) is 54.7 Å². The van der Waals surface area contributed by atoms with Gasteiger partial charge >= 0.3 is 0 Å². The predicted octanol–water partition coefficient (Wildman–Crippen LogP) is 4.37. The number of benzene rings is 2. The van der Waals surface area contributed by atoms with Crippen molar-refractivity contribution in [1.82, 2.24) is 9.88 Å². The quantitative estimate of drug-likeness (QED) is 0.544. The molecule has 0 aliphatic carbocycles. The van der Waals surface area contributed by atoms with Gasteiger partial charge in [-0.25, -0.2) is 0 Å². The van der Waals surface area contributed by atoms with E-state index in [1.165, 1.54) is 11.1 Å². The van der Waals surface area contributed by atoms with Crippen LogP contribution in [-0.2, 0) is 4.79 Å². The fraction of sp³-hybridized carbons (Fsp3) is 0.273. The molecule has 0 saturated carbocycles. The number of amides is 1. The first-order valence-corrected chi connectivity index (χ1v) is 10.3. The second kappa shape index (κ2) is 7.61. The molecule has 1 N–H and O–H groups in total. The molecule has 0 spiro atoms. The molecule has 1 aliphatic heterocycles. The number of hydrogen-bond donors (Lipinski definition) is 1. The molecule has 1 fully saturated rings. The third kappa shape index (κ3) is 3.52. The van der Waals surface area contributed by atoms with Gasteiger partial charge < -0.3 is 9.88 Å². The fourth-order valence-corrected chi connectivity index (χ4v) is 5.01. The number of thioether (sulfide) groups is 1. The number of aromatic nitrogens is 1. The second-order valence-corrected chi connectivity index (χ2v) is 8.18. The van der Waals surface area contributed by atoms with E-state index in [0.717, 1.165) is 23.1 Å². The lowest BCUT2D eigenvalue weighted by Crippen LogP contribution is -2.38. The van der Waals surface area contributed by atoms with Crippen molar-refractivity contribution >= 4 is 34.4 Å². The topological polar surface area (TPSA) is 53.2 Å². The zero-order valence-electron chi connectivity index (χ0n) is 15.3. The smallest absolute Gasteiger partial charge is 0.295 e. The number of nitrogens with one attached hydrogen (secondary N) is 1. The molecule has 0 radical (unpaired) electrons. The summed E-state index contributed by atoms with van der Waals surface area (Å²) in [4.78, 5) is 30.5. The molecule has 2 heterocycles. The summed E-state index contributed by atoms with van der Waals surface area (Å²) in [6, 6.07) is 16.0. The van der Waals surface area contributed by atoms with E-state index in [2.05, 4.69) is 36.2 Å². The second-order valence-electron chi connectivity index (χ2n) is 6.87. The summed E-state index contributed by atoms with van der Waals surface area (Å²) < 4.78 is 0. The predicted molar refractivity (Wildman–Crippen MR) is 110 cm³/mol. The van der Waals surface area contributed by atoms with Crippen LogP contribution in [0.1, 0.15) is 33.2 Å². The van der Waals surface area contributed by atoms with Crippen molar-refractivity contribution in [2.45, 2.75) is 18.6 Å². The maximum Gasteiger partial charge on any atom is 0.295 e. The normalized spacial score (nSPS) is 17.7. The molecule has 1 unspecified atom stereocenters. The zero-order chi connectivity index (χ0) is 18.8. The first kappa shape index (κ1) is 17.9. The van der Waals surface area contributed by atoms with E-state index in [9.17, 15) is 9.59 Å². The molecule has 1 aliphatic rings. The summed E-state index contributed by atoms with van der Waals surface area (Å²) in [5.41, 5.74) is 3.95. The largest absolute Gasteiger partial charge is 0.360 e. The van der Waals surface area contributed by atoms with E-state index in [1.54, 1.807) is 11.1 Å². The highest BCUT2D eigenvalue weighted by Gasteiger charge is 2.28. The van der Waals surface area contributed by atoms with Crippen molar-refractivity contribution in [3.63, 3.8) is 0 Å². The zero-order valence-corrected chi connectivity index (χ0v) is 16.1. The number of para-hydroxylation sites is 1. The Balaban J connectivity index is 1.50. The van der Waals surface area contributed by atoms with Gasteiger partial charge in [0.15, 0.2) is 0 Å². The van der Waals surface area contributed by atoms with Crippen LogP contribution in [0, 0.1) is 6.92 Å². The molecule has 0 bridgehead atoms. The molecule has 5 heteroatoms. The van der Waals surface area contributed by atoms with Crippen molar-refractivity contribution < 1.29 is 9.59 Å². The SMILES string of the molecule is Cc1ccccc1C1CCN(C(=O)C(=O)c2c[nH]c3ccccc23)CCS1. The first-order valence-electron chi connectivity index (χ1n) is 9.22. The van der Waals surface area contributed by atoms with Crippen LogP contribution < -0.4 is 0 Å². The lowest BCUT2D eigenvalue weighted by atomic mass is 10.0. The minimum atomic E-state index is -0.424. The minimum absolute atomic E-state index is 0.368. The minimum Gasteiger partial charge on any atom is -0.360 e. The lowest BCUT2D eigenvalue weighted by molar-refractivity contribution is -0.126. The Hall–Kier alpha value is -2.53. The van der Waals surface area contributed by atoms with Crippen molar-refractivity contribution in [1.29, 1.82) is 0 Å². The van der Waals surface area contributed by atoms with E-state index in [-0.39, 0.29) is 0 Å². The van der Waals surface area contributed by atoms with Gasteiger partial charge in [-0.3, -0.25) is 9.59 Å². The maximum absolute atomic E-state index is 12.9. The van der Waals surface area contributed by atoms with Gasteiger partial charge in [-0.1, -0.05) is 42.5 Å². The molecule has 2 aromatic carbocycles. The summed E-state index contributed by atoms with van der Waals surface area (Å²) in [6.45, 7) is 3.35. The number of carbonyl (C=O) groups is 2. The van der Waals surface area contributed by atoms with E-state index in [4.69, 9.17) is 0 Å². The van der Waals surface area contributed by atoms with Gasteiger partial charge in [0, 0.05) is 41.2 Å². The monoisotopic (exact) mass is 378 g/mol. The van der Waals surface area contributed by atoms with E-state index >= 15 is 0 Å². The molecular weight excluding hydrogens is 356 g/mol. The highest BCUT2D eigenvalue weighted by molar-refractivity contribution is 7.99. The standard InChI is InChI=1S/C22H22N2O2S/c1-15-6-2-3-7-16(15)20-10-11-24(12-13-27-20)22(26)21(25)18-14-23-19-9-5-4-8-17(18)19/h2-9,14,20,23H,10-13H2,1H3. The first-order chi connectivity index (χ1) is 13.1. The summed E-state index contributed by atoms with van der Waals surface area (Å²) >= 11 is 1.87. The third-order valence-corrected chi connectivity index (χ3v) is 6.50. The number of carbonyl (C=O) groups excluding carboxylic acids is 2. The summed E-state index contributed by atoms with van der Waals surface area (Å²) in [7, 11) is 0. The van der Waals surface area contributed by atoms with Gasteiger partial charge in [0.25, 0.3) is 11.7 Å². The van der Waals surface area contributed by atoms with Crippen LogP contribution in [-0.4, -0.2) is 40.4 Å². The fourth-order valence-electron chi connectivity index (χ4n) is 3.69. The Labute approximate surface area is 162 Å². The molecular formula is C22H22N2O2S. The number of rotatable bonds is 3. The van der Waals surface area contributed by atoms with E-state index in [1.807, 2.05) is 36.0 Å². The third-order valence-electron chi connectivity index (χ3n) is 5.19. The maximum atomic E-state index is 12.9. The number of ketones is 1. The highest BCUT2D eigenvalue weighted by atomic mass is 32.2. The summed E-state index contributed by atoms with van der Waals surface area (Å²) in [6.07, 6.45) is 2.51. The van der Waals surface area contributed by atoms with Crippen LogP contribution in [0.3, 0.4) is 0 Å². The molecule has 4 nitrogen and oxygen atoms in total. The number of fused-ring (bicyclic) bond motifs is 1. The Morgan fingerprint density at radius 1 is 1.07 bits per heavy atom. The molecule has 4 rings (SSSR count). The van der Waals surface area contributed by atoms with Gasteiger partial charge in [0.1, 0.15) is 0 Å². The molecule has 27 heavy (non-hydrogen) atoms. The molecule has 3 aromatic rings. The van der Waals surface area contributed by atoms with Crippen molar-refractivity contribution in [2.75, 3.05) is 18.8 Å². The number of aromatic amines is 1. The number of Topliss-reactive ketones (excluding diaryl/α,β-unsaturated/α-hetero) is 1. The average molecular weight is 378 g/mol. The van der Waals surface area contributed by atoms with Crippen molar-refractivity contribution in [3.8, 4) is 0 Å². The van der Waals surface area contributed by atoms with E-state index < -0.39 is 11.7 Å². The molecule has 1 saturated heterocycles. The van der Waals surface area contributed by atoms with Gasteiger partial charge in [-0.2, -0.15) is 11.8 Å². The Morgan fingerprint density at radius 2 is 1.85 bits per heavy atom. The Bertz CT molecular complexity index is 995. The Kier molecular flexibility index (Phi) is 5.03.